The fourth-order valence-electron chi connectivity index (χ4n) is 3.05. The van der Waals surface area contributed by atoms with Crippen molar-refractivity contribution in [3.05, 3.63) is 42.0 Å². The van der Waals surface area contributed by atoms with E-state index in [0.717, 1.165) is 18.5 Å². The standard InChI is InChI=1S/C22H29NO5/c1-6-27-20(25)18(21(26)28-22(2,3)4)19(24)15-11-13-17(14-12-15)23(5)16-9-7-8-10-16/h7-8,11-14,16,18H,6,9-10H2,1-5H3. The lowest BCUT2D eigenvalue weighted by Crippen LogP contribution is -2.38. The van der Waals surface area contributed by atoms with E-state index in [1.165, 1.54) is 0 Å². The minimum absolute atomic E-state index is 0.0740. The SMILES string of the molecule is CCOC(=O)C(C(=O)OC(C)(C)C)C(=O)c1ccc(N(C)C2CC=CC2)cc1. The van der Waals surface area contributed by atoms with Crippen LogP contribution in [0, 0.1) is 5.92 Å². The molecule has 152 valence electrons. The van der Waals surface area contributed by atoms with E-state index in [9.17, 15) is 14.4 Å². The number of nitrogens with zero attached hydrogens (tertiary/aromatic N) is 1. The maximum Gasteiger partial charge on any atom is 0.328 e. The summed E-state index contributed by atoms with van der Waals surface area (Å²) in [7, 11) is 2.01. The summed E-state index contributed by atoms with van der Waals surface area (Å²) in [5.74, 6) is -4.03. The first-order valence-corrected chi connectivity index (χ1v) is 9.55. The van der Waals surface area contributed by atoms with Gasteiger partial charge in [0.05, 0.1) is 6.61 Å². The molecule has 0 spiro atoms. The van der Waals surface area contributed by atoms with Crippen LogP contribution in [-0.4, -0.2) is 43.0 Å². The smallest absolute Gasteiger partial charge is 0.328 e. The van der Waals surface area contributed by atoms with Crippen LogP contribution in [0.5, 0.6) is 0 Å². The molecule has 0 bridgehead atoms. The largest absolute Gasteiger partial charge is 0.465 e. The van der Waals surface area contributed by atoms with E-state index in [2.05, 4.69) is 17.1 Å². The van der Waals surface area contributed by atoms with Crippen molar-refractivity contribution in [3.63, 3.8) is 0 Å². The molecule has 1 aliphatic carbocycles. The van der Waals surface area contributed by atoms with Crippen molar-refractivity contribution < 1.29 is 23.9 Å². The van der Waals surface area contributed by atoms with Gasteiger partial charge in [-0.05, 0) is 64.8 Å². The molecule has 1 aromatic carbocycles. The monoisotopic (exact) mass is 387 g/mol. The van der Waals surface area contributed by atoms with E-state index in [4.69, 9.17) is 9.47 Å². The Bertz CT molecular complexity index is 737. The number of carbonyl (C=O) groups is 3. The minimum atomic E-state index is -1.62. The molecule has 0 saturated carbocycles. The van der Waals surface area contributed by atoms with Crippen LogP contribution in [0.2, 0.25) is 0 Å². The Labute approximate surface area is 166 Å². The van der Waals surface area contributed by atoms with Crippen LogP contribution in [-0.2, 0) is 19.1 Å². The molecule has 0 aliphatic heterocycles. The Kier molecular flexibility index (Phi) is 7.00. The Morgan fingerprint density at radius 1 is 1.07 bits per heavy atom. The number of rotatable bonds is 7. The quantitative estimate of drug-likeness (QED) is 0.308. The van der Waals surface area contributed by atoms with E-state index < -0.39 is 29.2 Å². The third kappa shape index (κ3) is 5.44. The molecule has 28 heavy (non-hydrogen) atoms. The van der Waals surface area contributed by atoms with Crippen molar-refractivity contribution in [1.82, 2.24) is 0 Å². The summed E-state index contributed by atoms with van der Waals surface area (Å²) < 4.78 is 10.2. The van der Waals surface area contributed by atoms with Crippen molar-refractivity contribution in [2.75, 3.05) is 18.6 Å². The molecule has 0 radical (unpaired) electrons. The summed E-state index contributed by atoms with van der Waals surface area (Å²) in [6.45, 7) is 6.74. The van der Waals surface area contributed by atoms with Crippen molar-refractivity contribution in [3.8, 4) is 0 Å². The number of esters is 2. The third-order valence-electron chi connectivity index (χ3n) is 4.52. The topological polar surface area (TPSA) is 72.9 Å². The van der Waals surface area contributed by atoms with Crippen LogP contribution in [0.3, 0.4) is 0 Å². The molecule has 0 heterocycles. The summed E-state index contributed by atoms with van der Waals surface area (Å²) in [4.78, 5) is 39.8. The average Bonchev–Trinajstić information content (AvgIpc) is 3.14. The fraction of sp³-hybridized carbons (Fsp3) is 0.500. The number of hydrogen-bond donors (Lipinski definition) is 0. The molecule has 1 aromatic rings. The molecule has 2 rings (SSSR count). The Morgan fingerprint density at radius 2 is 1.64 bits per heavy atom. The van der Waals surface area contributed by atoms with Crippen LogP contribution >= 0.6 is 0 Å². The van der Waals surface area contributed by atoms with Gasteiger partial charge in [0, 0.05) is 24.3 Å². The van der Waals surface area contributed by atoms with Crippen LogP contribution in [0.15, 0.2) is 36.4 Å². The molecular formula is C22H29NO5. The lowest BCUT2D eigenvalue weighted by molar-refractivity contribution is -0.166. The molecule has 0 N–H and O–H groups in total. The summed E-state index contributed by atoms with van der Waals surface area (Å²) in [5, 5.41) is 0. The zero-order valence-electron chi connectivity index (χ0n) is 17.2. The van der Waals surface area contributed by atoms with E-state index in [0.29, 0.717) is 6.04 Å². The van der Waals surface area contributed by atoms with Crippen molar-refractivity contribution in [1.29, 1.82) is 0 Å². The summed E-state index contributed by atoms with van der Waals surface area (Å²) in [5.41, 5.74) is 0.421. The minimum Gasteiger partial charge on any atom is -0.465 e. The second-order valence-corrected chi connectivity index (χ2v) is 7.84. The number of Topliss-reactive ketones (excluding diaryl/α,β-unsaturated/α-hetero) is 1. The Morgan fingerprint density at radius 3 is 2.14 bits per heavy atom. The lowest BCUT2D eigenvalue weighted by Gasteiger charge is -2.26. The van der Waals surface area contributed by atoms with Gasteiger partial charge in [-0.2, -0.15) is 0 Å². The Balaban J connectivity index is 2.20. The highest BCUT2D eigenvalue weighted by Gasteiger charge is 2.39. The van der Waals surface area contributed by atoms with Crippen molar-refractivity contribution in [2.45, 2.75) is 52.2 Å². The second kappa shape index (κ2) is 9.04. The third-order valence-corrected chi connectivity index (χ3v) is 4.52. The fourth-order valence-corrected chi connectivity index (χ4v) is 3.05. The van der Waals surface area contributed by atoms with Gasteiger partial charge in [0.1, 0.15) is 5.60 Å². The molecule has 6 nitrogen and oxygen atoms in total. The first-order chi connectivity index (χ1) is 13.1. The predicted molar refractivity (Wildman–Crippen MR) is 107 cm³/mol. The van der Waals surface area contributed by atoms with Gasteiger partial charge in [0.15, 0.2) is 5.78 Å². The van der Waals surface area contributed by atoms with Gasteiger partial charge in [0.2, 0.25) is 5.92 Å². The molecule has 1 atom stereocenters. The number of ether oxygens (including phenoxy) is 2. The zero-order chi connectivity index (χ0) is 20.9. The van der Waals surface area contributed by atoms with Crippen LogP contribution < -0.4 is 4.90 Å². The summed E-state index contributed by atoms with van der Waals surface area (Å²) in [6.07, 6.45) is 6.29. The zero-order valence-corrected chi connectivity index (χ0v) is 17.2. The van der Waals surface area contributed by atoms with Gasteiger partial charge < -0.3 is 14.4 Å². The summed E-state index contributed by atoms with van der Waals surface area (Å²) in [6, 6.07) is 7.31. The van der Waals surface area contributed by atoms with Gasteiger partial charge in [0.25, 0.3) is 0 Å². The van der Waals surface area contributed by atoms with Crippen LogP contribution in [0.25, 0.3) is 0 Å². The van der Waals surface area contributed by atoms with Gasteiger partial charge in [-0.1, -0.05) is 12.2 Å². The molecule has 0 fully saturated rings. The highest BCUT2D eigenvalue weighted by molar-refractivity contribution is 6.20. The predicted octanol–water partition coefficient (Wildman–Crippen LogP) is 3.55. The second-order valence-electron chi connectivity index (χ2n) is 7.84. The normalized spacial score (nSPS) is 15.2. The van der Waals surface area contributed by atoms with Gasteiger partial charge in [-0.15, -0.1) is 0 Å². The number of carbonyl (C=O) groups excluding carboxylic acids is 3. The first-order valence-electron chi connectivity index (χ1n) is 9.55. The van der Waals surface area contributed by atoms with E-state index in [-0.39, 0.29) is 12.2 Å². The summed E-state index contributed by atoms with van der Waals surface area (Å²) >= 11 is 0. The number of benzene rings is 1. The maximum atomic E-state index is 12.9. The molecule has 6 heteroatoms. The molecule has 0 saturated heterocycles. The van der Waals surface area contributed by atoms with Gasteiger partial charge in [-0.3, -0.25) is 14.4 Å². The van der Waals surface area contributed by atoms with Crippen LogP contribution in [0.1, 0.15) is 50.9 Å². The molecule has 0 amide bonds. The van der Waals surface area contributed by atoms with Crippen LogP contribution in [0.4, 0.5) is 5.69 Å². The van der Waals surface area contributed by atoms with E-state index >= 15 is 0 Å². The Hall–Kier alpha value is -2.63. The lowest BCUT2D eigenvalue weighted by atomic mass is 9.97. The average molecular weight is 387 g/mol. The van der Waals surface area contributed by atoms with Crippen molar-refractivity contribution >= 4 is 23.4 Å². The number of hydrogen-bond acceptors (Lipinski definition) is 6. The highest BCUT2D eigenvalue weighted by Crippen LogP contribution is 2.24. The molecule has 1 aliphatic rings. The highest BCUT2D eigenvalue weighted by atomic mass is 16.6. The molecule has 0 aromatic heterocycles. The molecular weight excluding hydrogens is 358 g/mol. The van der Waals surface area contributed by atoms with E-state index in [1.54, 1.807) is 39.8 Å². The maximum absolute atomic E-state index is 12.9. The van der Waals surface area contributed by atoms with Crippen molar-refractivity contribution in [2.24, 2.45) is 5.92 Å². The number of ketones is 1. The van der Waals surface area contributed by atoms with Gasteiger partial charge >= 0.3 is 11.9 Å². The number of anilines is 1. The van der Waals surface area contributed by atoms with Gasteiger partial charge in [-0.25, -0.2) is 0 Å². The van der Waals surface area contributed by atoms with E-state index in [1.807, 2.05) is 19.2 Å². The first kappa shape index (κ1) is 21.7. The molecule has 1 unspecified atom stereocenters.